The van der Waals surface area contributed by atoms with Crippen LogP contribution in [-0.4, -0.2) is 31.2 Å². The minimum atomic E-state index is -0.556. The molecule has 2 aromatic rings. The lowest BCUT2D eigenvalue weighted by molar-refractivity contribution is -0.119. The highest BCUT2D eigenvalue weighted by atomic mass is 16.2. The molecule has 0 aliphatic rings. The number of carbonyl (C=O) groups is 3. The lowest BCUT2D eigenvalue weighted by atomic mass is 10.1. The Bertz CT molecular complexity index is 936. The number of Topliss-reactive ketones (excluding diaryl/α,β-unsaturated/α-hetero) is 1. The molecule has 0 aliphatic heterocycles. The van der Waals surface area contributed by atoms with Gasteiger partial charge in [-0.2, -0.15) is 0 Å². The van der Waals surface area contributed by atoms with Gasteiger partial charge < -0.3 is 21.3 Å². The highest BCUT2D eigenvalue weighted by Crippen LogP contribution is 2.22. The molecule has 4 N–H and O–H groups in total. The van der Waals surface area contributed by atoms with Gasteiger partial charge in [0.25, 0.3) is 5.91 Å². The summed E-state index contributed by atoms with van der Waals surface area (Å²) in [6.07, 6.45) is 2.98. The molecule has 2 amide bonds. The fourth-order valence-electron chi connectivity index (χ4n) is 2.49. The van der Waals surface area contributed by atoms with Gasteiger partial charge in [-0.05, 0) is 43.8 Å². The second kappa shape index (κ2) is 10.6. The van der Waals surface area contributed by atoms with E-state index in [1.54, 1.807) is 31.3 Å². The average Bonchev–Trinajstić information content (AvgIpc) is 2.69. The lowest BCUT2D eigenvalue weighted by Crippen LogP contribution is -2.25. The summed E-state index contributed by atoms with van der Waals surface area (Å²) in [6, 6.07) is 14.2. The SMILES string of the molecule is C=Cc1ccc(NC(=O)/C(=C/Nc2ccccc2)C(C)=O)cc1NC(=O)CNC. The van der Waals surface area contributed by atoms with Crippen molar-refractivity contribution in [2.24, 2.45) is 0 Å². The van der Waals surface area contributed by atoms with E-state index in [0.29, 0.717) is 16.9 Å². The molecule has 0 heterocycles. The molecule has 7 heteroatoms. The Kier molecular flexibility index (Phi) is 7.88. The van der Waals surface area contributed by atoms with Crippen LogP contribution in [0.4, 0.5) is 17.1 Å². The standard InChI is InChI=1S/C22H24N4O3/c1-4-16-10-11-18(12-20(16)26-21(28)14-23-3)25-22(29)19(15(2)27)13-24-17-8-6-5-7-9-17/h4-13,23-24H,1,14H2,2-3H3,(H,25,29)(H,26,28)/b19-13+. The third-order valence-corrected chi connectivity index (χ3v) is 3.92. The molecule has 29 heavy (non-hydrogen) atoms. The maximum absolute atomic E-state index is 12.6. The molecular weight excluding hydrogens is 368 g/mol. The minimum Gasteiger partial charge on any atom is -0.361 e. The minimum absolute atomic E-state index is 0.0255. The topological polar surface area (TPSA) is 99.3 Å². The molecule has 7 nitrogen and oxygen atoms in total. The zero-order chi connectivity index (χ0) is 21.2. The quantitative estimate of drug-likeness (QED) is 0.299. The van der Waals surface area contributed by atoms with Crippen molar-refractivity contribution >= 4 is 40.7 Å². The van der Waals surface area contributed by atoms with Crippen LogP contribution in [0.5, 0.6) is 0 Å². The predicted molar refractivity (Wildman–Crippen MR) is 117 cm³/mol. The molecule has 0 atom stereocenters. The van der Waals surface area contributed by atoms with Crippen LogP contribution in [0.2, 0.25) is 0 Å². The van der Waals surface area contributed by atoms with Gasteiger partial charge in [-0.1, -0.05) is 36.9 Å². The van der Waals surface area contributed by atoms with Gasteiger partial charge >= 0.3 is 0 Å². The van der Waals surface area contributed by atoms with Crippen LogP contribution < -0.4 is 21.3 Å². The Labute approximate surface area is 169 Å². The number of rotatable bonds is 9. The lowest BCUT2D eigenvalue weighted by Gasteiger charge is -2.12. The maximum Gasteiger partial charge on any atom is 0.260 e. The van der Waals surface area contributed by atoms with E-state index >= 15 is 0 Å². The van der Waals surface area contributed by atoms with Crippen LogP contribution in [-0.2, 0) is 14.4 Å². The summed E-state index contributed by atoms with van der Waals surface area (Å²) < 4.78 is 0. The zero-order valence-corrected chi connectivity index (χ0v) is 16.4. The van der Waals surface area contributed by atoms with E-state index < -0.39 is 5.91 Å². The number of anilines is 3. The van der Waals surface area contributed by atoms with Gasteiger partial charge in [0.2, 0.25) is 5.91 Å². The van der Waals surface area contributed by atoms with Crippen LogP contribution in [0.25, 0.3) is 6.08 Å². The first kappa shape index (κ1) is 21.6. The molecule has 2 aromatic carbocycles. The number of hydrogen-bond acceptors (Lipinski definition) is 5. The second-order valence-electron chi connectivity index (χ2n) is 6.16. The van der Waals surface area contributed by atoms with Crippen molar-refractivity contribution in [2.45, 2.75) is 6.92 Å². The molecule has 0 unspecified atom stereocenters. The van der Waals surface area contributed by atoms with E-state index in [0.717, 1.165) is 5.69 Å². The van der Waals surface area contributed by atoms with Crippen LogP contribution in [0.15, 0.2) is 66.9 Å². The van der Waals surface area contributed by atoms with Gasteiger partial charge in [-0.25, -0.2) is 0 Å². The third-order valence-electron chi connectivity index (χ3n) is 3.92. The predicted octanol–water partition coefficient (Wildman–Crippen LogP) is 3.01. The maximum atomic E-state index is 12.6. The Balaban J connectivity index is 2.19. The highest BCUT2D eigenvalue weighted by molar-refractivity contribution is 6.23. The Morgan fingerprint density at radius 3 is 2.34 bits per heavy atom. The first-order chi connectivity index (χ1) is 13.9. The number of nitrogens with one attached hydrogen (secondary N) is 4. The van der Waals surface area contributed by atoms with Crippen molar-refractivity contribution < 1.29 is 14.4 Å². The van der Waals surface area contributed by atoms with Crippen molar-refractivity contribution in [2.75, 3.05) is 29.5 Å². The van der Waals surface area contributed by atoms with Crippen LogP contribution in [0.3, 0.4) is 0 Å². The van der Waals surface area contributed by atoms with Crippen molar-refractivity contribution in [1.29, 1.82) is 0 Å². The van der Waals surface area contributed by atoms with E-state index in [4.69, 9.17) is 0 Å². The molecule has 0 saturated heterocycles. The van der Waals surface area contributed by atoms with Gasteiger partial charge in [0.05, 0.1) is 17.8 Å². The fraction of sp³-hybridized carbons (Fsp3) is 0.136. The number of hydrogen-bond donors (Lipinski definition) is 4. The van der Waals surface area contributed by atoms with Gasteiger partial charge in [-0.15, -0.1) is 0 Å². The number of ketones is 1. The van der Waals surface area contributed by atoms with Crippen molar-refractivity contribution in [3.63, 3.8) is 0 Å². The second-order valence-corrected chi connectivity index (χ2v) is 6.16. The molecule has 0 saturated carbocycles. The van der Waals surface area contributed by atoms with Crippen molar-refractivity contribution in [3.05, 3.63) is 72.4 Å². The summed E-state index contributed by atoms with van der Waals surface area (Å²) in [4.78, 5) is 36.4. The van der Waals surface area contributed by atoms with Gasteiger partial charge in [0.15, 0.2) is 5.78 Å². The molecular formula is C22H24N4O3. The molecule has 0 aromatic heterocycles. The summed E-state index contributed by atoms with van der Waals surface area (Å²) >= 11 is 0. The first-order valence-corrected chi connectivity index (χ1v) is 8.99. The Hall–Kier alpha value is -3.71. The number of amides is 2. The molecule has 0 radical (unpaired) electrons. The van der Waals surface area contributed by atoms with Gasteiger partial charge in [-0.3, -0.25) is 14.4 Å². The number of carbonyl (C=O) groups excluding carboxylic acids is 3. The number of benzene rings is 2. The van der Waals surface area contributed by atoms with Crippen molar-refractivity contribution in [3.8, 4) is 0 Å². The van der Waals surface area contributed by atoms with E-state index in [1.807, 2.05) is 30.3 Å². The molecule has 2 rings (SSSR count). The highest BCUT2D eigenvalue weighted by Gasteiger charge is 2.15. The Morgan fingerprint density at radius 2 is 1.72 bits per heavy atom. The number of likely N-dealkylation sites (N-methyl/N-ethyl adjacent to an activating group) is 1. The van der Waals surface area contributed by atoms with E-state index in [-0.39, 0.29) is 23.8 Å². The average molecular weight is 392 g/mol. The third kappa shape index (κ3) is 6.44. The van der Waals surface area contributed by atoms with Gasteiger partial charge in [0.1, 0.15) is 0 Å². The van der Waals surface area contributed by atoms with Crippen molar-refractivity contribution in [1.82, 2.24) is 5.32 Å². The number of para-hydroxylation sites is 1. The van der Waals surface area contributed by atoms with Crippen LogP contribution in [0.1, 0.15) is 12.5 Å². The summed E-state index contributed by atoms with van der Waals surface area (Å²) in [5.74, 6) is -1.16. The summed E-state index contributed by atoms with van der Waals surface area (Å²) in [7, 11) is 1.67. The summed E-state index contributed by atoms with van der Waals surface area (Å²) in [5, 5.41) is 11.2. The molecule has 0 aliphatic carbocycles. The molecule has 150 valence electrons. The first-order valence-electron chi connectivity index (χ1n) is 8.99. The smallest absolute Gasteiger partial charge is 0.260 e. The molecule has 0 fully saturated rings. The van der Waals surface area contributed by atoms with Gasteiger partial charge in [0, 0.05) is 17.6 Å². The zero-order valence-electron chi connectivity index (χ0n) is 16.4. The molecule has 0 spiro atoms. The summed E-state index contributed by atoms with van der Waals surface area (Å²) in [5.41, 5.74) is 2.38. The van der Waals surface area contributed by atoms with E-state index in [1.165, 1.54) is 13.1 Å². The largest absolute Gasteiger partial charge is 0.361 e. The fourth-order valence-corrected chi connectivity index (χ4v) is 2.49. The summed E-state index contributed by atoms with van der Waals surface area (Å²) in [6.45, 7) is 5.19. The van der Waals surface area contributed by atoms with Crippen LogP contribution >= 0.6 is 0 Å². The molecule has 0 bridgehead atoms. The normalized spacial score (nSPS) is 10.8. The monoisotopic (exact) mass is 392 g/mol. The van der Waals surface area contributed by atoms with E-state index in [2.05, 4.69) is 27.8 Å². The van der Waals surface area contributed by atoms with E-state index in [9.17, 15) is 14.4 Å². The Morgan fingerprint density at radius 1 is 1.00 bits per heavy atom. The van der Waals surface area contributed by atoms with Crippen LogP contribution in [0, 0.1) is 0 Å².